The number of rotatable bonds is 50. The predicted molar refractivity (Wildman–Crippen MR) is 267 cm³/mol. The molecule has 0 aromatic carbocycles. The zero-order valence-corrected chi connectivity index (χ0v) is 43.2. The summed E-state index contributed by atoms with van der Waals surface area (Å²) in [6.07, 6.45) is 45.0. The average Bonchev–Trinajstić information content (AvgIpc) is 3.29. The second-order valence-corrected chi connectivity index (χ2v) is 19.1. The van der Waals surface area contributed by atoms with E-state index in [0.717, 1.165) is 77.0 Å². The van der Waals surface area contributed by atoms with Crippen molar-refractivity contribution >= 4 is 23.9 Å². The molecule has 0 aliphatic heterocycles. The third-order valence-electron chi connectivity index (χ3n) is 13.1. The number of hydrogen-bond acceptors (Lipinski definition) is 8. The number of hydrogen-bond donors (Lipinski definition) is 0. The predicted octanol–water partition coefficient (Wildman–Crippen LogP) is 16.9. The molecule has 0 bridgehead atoms. The van der Waals surface area contributed by atoms with Crippen LogP contribution in [0.1, 0.15) is 298 Å². The average molecular weight is 907 g/mol. The summed E-state index contributed by atoms with van der Waals surface area (Å²) in [5.74, 6) is -5.32. The van der Waals surface area contributed by atoms with Crippen molar-refractivity contribution in [2.45, 2.75) is 298 Å². The maximum absolute atomic E-state index is 14.4. The Hall–Kier alpha value is -2.12. The van der Waals surface area contributed by atoms with Gasteiger partial charge in [-0.25, -0.2) is 0 Å². The zero-order chi connectivity index (χ0) is 47.0. The molecule has 0 saturated carbocycles. The number of carbonyl (C=O) groups excluding carboxylic acids is 4. The van der Waals surface area contributed by atoms with E-state index in [9.17, 15) is 19.2 Å². The minimum atomic E-state index is -2.58. The molecule has 0 amide bonds. The van der Waals surface area contributed by atoms with Crippen LogP contribution >= 0.6 is 0 Å². The minimum Gasteiger partial charge on any atom is -0.465 e. The Morgan fingerprint density at radius 2 is 0.469 bits per heavy atom. The van der Waals surface area contributed by atoms with E-state index in [1.54, 1.807) is 6.92 Å². The van der Waals surface area contributed by atoms with Crippen LogP contribution in [0.4, 0.5) is 0 Å². The smallest absolute Gasteiger partial charge is 0.336 e. The summed E-state index contributed by atoms with van der Waals surface area (Å²) in [5, 5.41) is 0. The van der Waals surface area contributed by atoms with Crippen LogP contribution in [0.25, 0.3) is 0 Å². The van der Waals surface area contributed by atoms with Gasteiger partial charge in [-0.1, -0.05) is 266 Å². The van der Waals surface area contributed by atoms with Gasteiger partial charge in [0, 0.05) is 0 Å². The molecule has 0 spiro atoms. The van der Waals surface area contributed by atoms with Crippen LogP contribution in [-0.2, 0) is 38.1 Å². The molecule has 0 radical (unpaired) electrons. The van der Waals surface area contributed by atoms with E-state index < -0.39 is 35.2 Å². The van der Waals surface area contributed by atoms with Crippen LogP contribution in [0.15, 0.2) is 0 Å². The quantitative estimate of drug-likeness (QED) is 0.0257. The normalized spacial score (nSPS) is 12.0. The summed E-state index contributed by atoms with van der Waals surface area (Å²) < 4.78 is 23.3. The van der Waals surface area contributed by atoms with E-state index in [1.807, 2.05) is 0 Å². The van der Waals surface area contributed by atoms with Gasteiger partial charge >= 0.3 is 23.9 Å². The largest absolute Gasteiger partial charge is 0.465 e. The summed E-state index contributed by atoms with van der Waals surface area (Å²) in [6, 6.07) is 0. The standard InChI is InChI=1S/C56H106O8/c1-6-11-15-19-23-27-31-35-39-43-47-61-52(57)51(10-5)56(53(58)62-48-44-40-36-32-28-24-20-16-12-7-2,54(59)63-49-45-41-37-33-29-25-21-17-13-8-3)55(60)64-50-46-42-38-34-30-26-22-18-14-9-4/h51H,6-50H2,1-5H3. The summed E-state index contributed by atoms with van der Waals surface area (Å²) >= 11 is 0. The van der Waals surface area contributed by atoms with Crippen molar-refractivity contribution < 1.29 is 38.1 Å². The lowest BCUT2D eigenvalue weighted by Crippen LogP contribution is -2.57. The second-order valence-electron chi connectivity index (χ2n) is 19.1. The molecule has 378 valence electrons. The highest BCUT2D eigenvalue weighted by atomic mass is 16.6. The molecule has 0 aromatic heterocycles. The first kappa shape index (κ1) is 61.9. The van der Waals surface area contributed by atoms with Crippen molar-refractivity contribution in [2.24, 2.45) is 11.3 Å². The molecule has 0 fully saturated rings. The first-order valence-electron chi connectivity index (χ1n) is 28.1. The van der Waals surface area contributed by atoms with Crippen molar-refractivity contribution in [1.29, 1.82) is 0 Å². The monoisotopic (exact) mass is 907 g/mol. The highest BCUT2D eigenvalue weighted by molar-refractivity contribution is 6.20. The van der Waals surface area contributed by atoms with Gasteiger partial charge in [0.05, 0.1) is 32.3 Å². The molecule has 0 aliphatic rings. The summed E-state index contributed by atoms with van der Waals surface area (Å²) in [4.78, 5) is 57.4. The molecule has 0 aliphatic carbocycles. The Balaban J connectivity index is 5.84. The fourth-order valence-electron chi connectivity index (χ4n) is 8.79. The molecular weight excluding hydrogens is 801 g/mol. The molecule has 1 unspecified atom stereocenters. The lowest BCUT2D eigenvalue weighted by molar-refractivity contribution is -0.195. The van der Waals surface area contributed by atoms with Gasteiger partial charge in [0.15, 0.2) is 0 Å². The first-order valence-corrected chi connectivity index (χ1v) is 28.1. The van der Waals surface area contributed by atoms with Crippen LogP contribution in [0, 0.1) is 11.3 Å². The Morgan fingerprint density at radius 3 is 0.672 bits per heavy atom. The Kier molecular flexibility index (Phi) is 45.8. The maximum atomic E-state index is 14.4. The molecule has 0 heterocycles. The van der Waals surface area contributed by atoms with Crippen LogP contribution in [0.3, 0.4) is 0 Å². The molecule has 0 aromatic rings. The van der Waals surface area contributed by atoms with E-state index in [-0.39, 0.29) is 32.8 Å². The number of unbranched alkanes of at least 4 members (excludes halogenated alkanes) is 36. The third kappa shape index (κ3) is 32.5. The fourth-order valence-corrected chi connectivity index (χ4v) is 8.79. The number of esters is 4. The molecule has 64 heavy (non-hydrogen) atoms. The van der Waals surface area contributed by atoms with E-state index in [0.29, 0.717) is 25.7 Å². The van der Waals surface area contributed by atoms with Crippen LogP contribution < -0.4 is 0 Å². The first-order chi connectivity index (χ1) is 31.4. The molecular formula is C56H106O8. The maximum Gasteiger partial charge on any atom is 0.336 e. The van der Waals surface area contributed by atoms with Crippen molar-refractivity contribution in [3.8, 4) is 0 Å². The topological polar surface area (TPSA) is 105 Å². The van der Waals surface area contributed by atoms with E-state index >= 15 is 0 Å². The van der Waals surface area contributed by atoms with Crippen molar-refractivity contribution in [1.82, 2.24) is 0 Å². The SMILES string of the molecule is CCCCCCCCCCCCOC(=O)C(CC)C(C(=O)OCCCCCCCCCCCC)(C(=O)OCCCCCCCCCCCC)C(=O)OCCCCCCCCCCCC. The van der Waals surface area contributed by atoms with E-state index in [2.05, 4.69) is 27.7 Å². The lowest BCUT2D eigenvalue weighted by atomic mass is 9.73. The third-order valence-corrected chi connectivity index (χ3v) is 13.1. The number of ether oxygens (including phenoxy) is 4. The highest BCUT2D eigenvalue weighted by Gasteiger charge is 2.65. The van der Waals surface area contributed by atoms with Gasteiger partial charge in [-0.2, -0.15) is 0 Å². The van der Waals surface area contributed by atoms with Crippen molar-refractivity contribution in [3.05, 3.63) is 0 Å². The van der Waals surface area contributed by atoms with Crippen LogP contribution in [0.2, 0.25) is 0 Å². The van der Waals surface area contributed by atoms with Gasteiger partial charge in [0.1, 0.15) is 0 Å². The summed E-state index contributed by atoms with van der Waals surface area (Å²) in [7, 11) is 0. The van der Waals surface area contributed by atoms with Crippen LogP contribution in [0.5, 0.6) is 0 Å². The summed E-state index contributed by atoms with van der Waals surface area (Å²) in [6.45, 7) is 11.0. The summed E-state index contributed by atoms with van der Waals surface area (Å²) in [5.41, 5.74) is -2.58. The van der Waals surface area contributed by atoms with Gasteiger partial charge in [-0.3, -0.25) is 19.2 Å². The minimum absolute atomic E-state index is 0.0188. The molecule has 8 heteroatoms. The Labute approximate surface area is 396 Å². The van der Waals surface area contributed by atoms with Gasteiger partial charge in [0.2, 0.25) is 0 Å². The van der Waals surface area contributed by atoms with E-state index in [1.165, 1.54) is 154 Å². The molecule has 0 N–H and O–H groups in total. The Morgan fingerprint density at radius 1 is 0.281 bits per heavy atom. The zero-order valence-electron chi connectivity index (χ0n) is 43.2. The molecule has 0 saturated heterocycles. The van der Waals surface area contributed by atoms with E-state index in [4.69, 9.17) is 18.9 Å². The van der Waals surface area contributed by atoms with Gasteiger partial charge < -0.3 is 18.9 Å². The highest BCUT2D eigenvalue weighted by Crippen LogP contribution is 2.37. The van der Waals surface area contributed by atoms with Gasteiger partial charge in [-0.15, -0.1) is 0 Å². The molecule has 0 rings (SSSR count). The van der Waals surface area contributed by atoms with Crippen molar-refractivity contribution in [3.63, 3.8) is 0 Å². The Bertz CT molecular complexity index is 966. The van der Waals surface area contributed by atoms with Gasteiger partial charge in [0.25, 0.3) is 5.41 Å². The lowest BCUT2D eigenvalue weighted by Gasteiger charge is -2.32. The molecule has 8 nitrogen and oxygen atoms in total. The number of carbonyl (C=O) groups is 4. The fraction of sp³-hybridized carbons (Fsp3) is 0.929. The molecule has 1 atom stereocenters. The second kappa shape index (κ2) is 47.4. The van der Waals surface area contributed by atoms with Crippen LogP contribution in [-0.4, -0.2) is 50.3 Å². The van der Waals surface area contributed by atoms with Gasteiger partial charge in [-0.05, 0) is 32.1 Å². The van der Waals surface area contributed by atoms with Crippen molar-refractivity contribution in [2.75, 3.05) is 26.4 Å².